The van der Waals surface area contributed by atoms with E-state index in [1.54, 1.807) is 18.2 Å². The van der Waals surface area contributed by atoms with Crippen molar-refractivity contribution in [2.24, 2.45) is 0 Å². The number of phenolic OH excluding ortho intramolecular Hbond substituents is 1. The monoisotopic (exact) mass is 332 g/mol. The Balaban J connectivity index is 1.92. The first-order chi connectivity index (χ1) is 12.2. The normalized spacial score (nSPS) is 10.2. The average molecular weight is 332 g/mol. The van der Waals surface area contributed by atoms with Crippen molar-refractivity contribution in [1.29, 1.82) is 0 Å². The molecule has 1 N–H and O–H groups in total. The van der Waals surface area contributed by atoms with Gasteiger partial charge < -0.3 is 9.84 Å². The summed E-state index contributed by atoms with van der Waals surface area (Å²) in [6, 6.07) is 21.2. The first-order valence-corrected chi connectivity index (χ1v) is 7.77. The lowest BCUT2D eigenvalue weighted by molar-refractivity contribution is 0.0469. The zero-order valence-electron chi connectivity index (χ0n) is 13.4. The van der Waals surface area contributed by atoms with E-state index in [1.807, 2.05) is 48.5 Å². The van der Waals surface area contributed by atoms with Crippen LogP contribution in [0, 0.1) is 0 Å². The molecule has 0 aliphatic rings. The van der Waals surface area contributed by atoms with E-state index in [1.165, 1.54) is 6.07 Å². The molecule has 0 spiro atoms. The lowest BCUT2D eigenvalue weighted by atomic mass is 9.98. The molecule has 0 saturated carbocycles. The minimum absolute atomic E-state index is 0.0283. The highest BCUT2D eigenvalue weighted by molar-refractivity contribution is 5.98. The van der Waals surface area contributed by atoms with Crippen molar-refractivity contribution in [3.63, 3.8) is 0 Å². The number of carbonyl (C=O) groups is 2. The summed E-state index contributed by atoms with van der Waals surface area (Å²) >= 11 is 0. The van der Waals surface area contributed by atoms with Crippen molar-refractivity contribution in [3.05, 3.63) is 89.5 Å². The first-order valence-electron chi connectivity index (χ1n) is 7.77. The van der Waals surface area contributed by atoms with E-state index in [0.717, 1.165) is 5.56 Å². The van der Waals surface area contributed by atoms with Gasteiger partial charge in [0.15, 0.2) is 0 Å². The van der Waals surface area contributed by atoms with Gasteiger partial charge in [0, 0.05) is 11.1 Å². The van der Waals surface area contributed by atoms with Crippen molar-refractivity contribution in [3.8, 4) is 16.9 Å². The SMILES string of the molecule is O=Cc1cc(C(=O)OCc2ccccc2)c(O)c(-c2ccccc2)c1. The Kier molecular flexibility index (Phi) is 4.90. The maximum absolute atomic E-state index is 12.4. The van der Waals surface area contributed by atoms with Gasteiger partial charge in [0.2, 0.25) is 0 Å². The predicted octanol–water partition coefficient (Wildman–Crippen LogP) is 4.23. The first kappa shape index (κ1) is 16.5. The van der Waals surface area contributed by atoms with Crippen LogP contribution in [0.5, 0.6) is 5.75 Å². The highest BCUT2D eigenvalue weighted by Gasteiger charge is 2.18. The molecule has 0 fully saturated rings. The lowest BCUT2D eigenvalue weighted by Gasteiger charge is -2.11. The van der Waals surface area contributed by atoms with Crippen LogP contribution in [0.25, 0.3) is 11.1 Å². The Morgan fingerprint density at radius 1 is 0.960 bits per heavy atom. The molecular weight excluding hydrogens is 316 g/mol. The maximum atomic E-state index is 12.4. The molecule has 0 aliphatic heterocycles. The van der Waals surface area contributed by atoms with E-state index < -0.39 is 5.97 Å². The maximum Gasteiger partial charge on any atom is 0.342 e. The predicted molar refractivity (Wildman–Crippen MR) is 94.5 cm³/mol. The van der Waals surface area contributed by atoms with Crippen molar-refractivity contribution in [1.82, 2.24) is 0 Å². The molecule has 3 aromatic carbocycles. The third kappa shape index (κ3) is 3.75. The summed E-state index contributed by atoms with van der Waals surface area (Å²) < 4.78 is 5.27. The summed E-state index contributed by atoms with van der Waals surface area (Å²) in [4.78, 5) is 23.6. The van der Waals surface area contributed by atoms with E-state index in [0.29, 0.717) is 23.0 Å². The van der Waals surface area contributed by atoms with Gasteiger partial charge in [0.05, 0.1) is 0 Å². The van der Waals surface area contributed by atoms with E-state index in [2.05, 4.69) is 0 Å². The third-order valence-electron chi connectivity index (χ3n) is 3.79. The fourth-order valence-electron chi connectivity index (χ4n) is 2.52. The average Bonchev–Trinajstić information content (AvgIpc) is 2.68. The fraction of sp³-hybridized carbons (Fsp3) is 0.0476. The van der Waals surface area contributed by atoms with Crippen LogP contribution in [0.3, 0.4) is 0 Å². The van der Waals surface area contributed by atoms with Gasteiger partial charge >= 0.3 is 5.97 Å². The topological polar surface area (TPSA) is 63.6 Å². The molecule has 0 saturated heterocycles. The molecule has 124 valence electrons. The molecular formula is C21H16O4. The Labute approximate surface area is 145 Å². The molecule has 0 aromatic heterocycles. The molecule has 0 bridgehead atoms. The summed E-state index contributed by atoms with van der Waals surface area (Å²) in [6.07, 6.45) is 0.639. The number of hydrogen-bond donors (Lipinski definition) is 1. The number of esters is 1. The van der Waals surface area contributed by atoms with Crippen LogP contribution in [-0.2, 0) is 11.3 Å². The van der Waals surface area contributed by atoms with Crippen LogP contribution in [-0.4, -0.2) is 17.4 Å². The molecule has 0 aliphatic carbocycles. The van der Waals surface area contributed by atoms with E-state index in [-0.39, 0.29) is 17.9 Å². The van der Waals surface area contributed by atoms with Crippen LogP contribution in [0.2, 0.25) is 0 Å². The number of phenols is 1. The Hall–Kier alpha value is -3.40. The van der Waals surface area contributed by atoms with E-state index in [4.69, 9.17) is 4.74 Å². The zero-order chi connectivity index (χ0) is 17.6. The van der Waals surface area contributed by atoms with Crippen LogP contribution in [0.4, 0.5) is 0 Å². The van der Waals surface area contributed by atoms with Gasteiger partial charge in [-0.25, -0.2) is 4.79 Å². The van der Waals surface area contributed by atoms with Gasteiger partial charge in [-0.3, -0.25) is 4.79 Å². The second-order valence-electron chi connectivity index (χ2n) is 5.51. The van der Waals surface area contributed by atoms with Crippen molar-refractivity contribution in [2.45, 2.75) is 6.61 Å². The number of aromatic hydroxyl groups is 1. The summed E-state index contributed by atoms with van der Waals surface area (Å²) in [5.74, 6) is -0.878. The molecule has 25 heavy (non-hydrogen) atoms. The molecule has 3 aromatic rings. The summed E-state index contributed by atoms with van der Waals surface area (Å²) in [5.41, 5.74) is 2.23. The van der Waals surface area contributed by atoms with Gasteiger partial charge in [0.1, 0.15) is 24.2 Å². The van der Waals surface area contributed by atoms with Gasteiger partial charge in [-0.15, -0.1) is 0 Å². The van der Waals surface area contributed by atoms with Crippen LogP contribution in [0.15, 0.2) is 72.8 Å². The second kappa shape index (κ2) is 7.45. The molecule has 3 rings (SSSR count). The van der Waals surface area contributed by atoms with Crippen molar-refractivity contribution < 1.29 is 19.4 Å². The molecule has 4 nitrogen and oxygen atoms in total. The Morgan fingerprint density at radius 2 is 1.60 bits per heavy atom. The number of hydrogen-bond acceptors (Lipinski definition) is 4. The lowest BCUT2D eigenvalue weighted by Crippen LogP contribution is -2.07. The number of carbonyl (C=O) groups excluding carboxylic acids is 2. The summed E-state index contributed by atoms with van der Waals surface area (Å²) in [5, 5.41) is 10.5. The van der Waals surface area contributed by atoms with Crippen LogP contribution < -0.4 is 0 Å². The zero-order valence-corrected chi connectivity index (χ0v) is 13.4. The van der Waals surface area contributed by atoms with Crippen LogP contribution >= 0.6 is 0 Å². The molecule has 0 radical (unpaired) electrons. The second-order valence-corrected chi connectivity index (χ2v) is 5.51. The fourth-order valence-corrected chi connectivity index (χ4v) is 2.52. The molecule has 0 amide bonds. The Bertz CT molecular complexity index is 887. The number of aldehydes is 1. The highest BCUT2D eigenvalue weighted by Crippen LogP contribution is 2.33. The van der Waals surface area contributed by atoms with Gasteiger partial charge in [-0.05, 0) is 23.3 Å². The van der Waals surface area contributed by atoms with E-state index >= 15 is 0 Å². The third-order valence-corrected chi connectivity index (χ3v) is 3.79. The van der Waals surface area contributed by atoms with Gasteiger partial charge in [-0.1, -0.05) is 60.7 Å². The van der Waals surface area contributed by atoms with Gasteiger partial charge in [-0.2, -0.15) is 0 Å². The molecule has 0 heterocycles. The van der Waals surface area contributed by atoms with Gasteiger partial charge in [0.25, 0.3) is 0 Å². The Morgan fingerprint density at radius 3 is 2.24 bits per heavy atom. The van der Waals surface area contributed by atoms with E-state index in [9.17, 15) is 14.7 Å². The number of ether oxygens (including phenoxy) is 1. The summed E-state index contributed by atoms with van der Waals surface area (Å²) in [6.45, 7) is 0.0884. The standard InChI is InChI=1S/C21H16O4/c22-13-16-11-18(17-9-5-2-6-10-17)20(23)19(12-16)21(24)25-14-15-7-3-1-4-8-15/h1-13,23H,14H2. The number of rotatable bonds is 5. The smallest absolute Gasteiger partial charge is 0.342 e. The molecule has 0 unspecified atom stereocenters. The van der Waals surface area contributed by atoms with Crippen molar-refractivity contribution >= 4 is 12.3 Å². The van der Waals surface area contributed by atoms with Crippen molar-refractivity contribution in [2.75, 3.05) is 0 Å². The quantitative estimate of drug-likeness (QED) is 0.561. The summed E-state index contributed by atoms with van der Waals surface area (Å²) in [7, 11) is 0. The molecule has 4 heteroatoms. The number of benzene rings is 3. The van der Waals surface area contributed by atoms with Crippen LogP contribution in [0.1, 0.15) is 26.3 Å². The largest absolute Gasteiger partial charge is 0.506 e. The minimum atomic E-state index is -0.678. The highest BCUT2D eigenvalue weighted by atomic mass is 16.5. The molecule has 0 atom stereocenters. The minimum Gasteiger partial charge on any atom is -0.506 e.